The standard InChI is InChI=1S/C12H19N3O4/c1-7-5-8(15-19-7)6-13-11(18)14-9(10(16)17)12(2,3)4/h5,9H,6H2,1-4H3,(H,16,17)(H2,13,14,18)/t9-/m1/s1. The van der Waals surface area contributed by atoms with E-state index in [0.717, 1.165) is 0 Å². The number of urea groups is 1. The van der Waals surface area contributed by atoms with Crippen molar-refractivity contribution in [3.8, 4) is 0 Å². The molecule has 0 saturated carbocycles. The first kappa shape index (κ1) is 15.0. The summed E-state index contributed by atoms with van der Waals surface area (Å²) < 4.78 is 4.85. The van der Waals surface area contributed by atoms with Crippen molar-refractivity contribution in [2.45, 2.75) is 40.3 Å². The molecule has 19 heavy (non-hydrogen) atoms. The van der Waals surface area contributed by atoms with E-state index in [2.05, 4.69) is 15.8 Å². The molecule has 1 heterocycles. The van der Waals surface area contributed by atoms with E-state index in [0.29, 0.717) is 11.5 Å². The van der Waals surface area contributed by atoms with Crippen LogP contribution in [0.3, 0.4) is 0 Å². The Hall–Kier alpha value is -2.05. The molecule has 0 aliphatic carbocycles. The topological polar surface area (TPSA) is 104 Å². The first-order chi connectivity index (χ1) is 8.70. The molecule has 0 aliphatic heterocycles. The van der Waals surface area contributed by atoms with E-state index in [1.165, 1.54) is 0 Å². The van der Waals surface area contributed by atoms with Crippen molar-refractivity contribution in [3.05, 3.63) is 17.5 Å². The van der Waals surface area contributed by atoms with Gasteiger partial charge in [0, 0.05) is 6.07 Å². The Morgan fingerprint density at radius 1 is 1.47 bits per heavy atom. The van der Waals surface area contributed by atoms with Gasteiger partial charge in [0.2, 0.25) is 0 Å². The maximum atomic E-state index is 11.6. The van der Waals surface area contributed by atoms with E-state index in [4.69, 9.17) is 9.63 Å². The highest BCUT2D eigenvalue weighted by Crippen LogP contribution is 2.19. The molecule has 7 heteroatoms. The maximum absolute atomic E-state index is 11.6. The predicted molar refractivity (Wildman–Crippen MR) is 67.5 cm³/mol. The zero-order valence-electron chi connectivity index (χ0n) is 11.5. The molecule has 1 atom stereocenters. The van der Waals surface area contributed by atoms with Crippen LogP contribution < -0.4 is 10.6 Å². The number of amides is 2. The lowest BCUT2D eigenvalue weighted by molar-refractivity contribution is -0.141. The molecule has 0 unspecified atom stereocenters. The Kier molecular flexibility index (Phi) is 4.52. The third kappa shape index (κ3) is 4.61. The van der Waals surface area contributed by atoms with Crippen LogP contribution in [0.25, 0.3) is 0 Å². The van der Waals surface area contributed by atoms with Gasteiger partial charge in [-0.25, -0.2) is 9.59 Å². The molecule has 2 amide bonds. The number of aromatic nitrogens is 1. The Morgan fingerprint density at radius 3 is 2.53 bits per heavy atom. The zero-order valence-corrected chi connectivity index (χ0v) is 11.5. The molecule has 0 fully saturated rings. The largest absolute Gasteiger partial charge is 0.480 e. The van der Waals surface area contributed by atoms with Crippen LogP contribution in [0.5, 0.6) is 0 Å². The van der Waals surface area contributed by atoms with Crippen molar-refractivity contribution in [2.24, 2.45) is 5.41 Å². The maximum Gasteiger partial charge on any atom is 0.326 e. The highest BCUT2D eigenvalue weighted by molar-refractivity contribution is 5.83. The third-order valence-corrected chi connectivity index (χ3v) is 2.50. The fourth-order valence-corrected chi connectivity index (χ4v) is 1.50. The smallest absolute Gasteiger partial charge is 0.326 e. The molecule has 1 rings (SSSR count). The lowest BCUT2D eigenvalue weighted by atomic mass is 9.87. The summed E-state index contributed by atoms with van der Waals surface area (Å²) in [5.41, 5.74) is 0.00322. The molecular formula is C12H19N3O4. The number of aryl methyl sites for hydroxylation is 1. The monoisotopic (exact) mass is 269 g/mol. The van der Waals surface area contributed by atoms with Crippen LogP contribution in [0, 0.1) is 12.3 Å². The number of nitrogens with zero attached hydrogens (tertiary/aromatic N) is 1. The Bertz CT molecular complexity index is 462. The lowest BCUT2D eigenvalue weighted by Crippen LogP contribution is -2.52. The summed E-state index contributed by atoms with van der Waals surface area (Å²) in [5.74, 6) is -0.421. The lowest BCUT2D eigenvalue weighted by Gasteiger charge is -2.27. The molecule has 1 aromatic rings. The van der Waals surface area contributed by atoms with Gasteiger partial charge >= 0.3 is 12.0 Å². The van der Waals surface area contributed by atoms with Crippen molar-refractivity contribution in [1.29, 1.82) is 0 Å². The Balaban J connectivity index is 2.52. The van der Waals surface area contributed by atoms with E-state index in [9.17, 15) is 9.59 Å². The number of hydrogen-bond donors (Lipinski definition) is 3. The van der Waals surface area contributed by atoms with Gasteiger partial charge in [-0.05, 0) is 12.3 Å². The SMILES string of the molecule is Cc1cc(CNC(=O)N[C@H](C(=O)O)C(C)(C)C)no1. The van der Waals surface area contributed by atoms with Crippen LogP contribution in [-0.2, 0) is 11.3 Å². The predicted octanol–water partition coefficient (Wildman–Crippen LogP) is 1.28. The van der Waals surface area contributed by atoms with Gasteiger partial charge in [-0.1, -0.05) is 25.9 Å². The van der Waals surface area contributed by atoms with Crippen molar-refractivity contribution < 1.29 is 19.2 Å². The zero-order chi connectivity index (χ0) is 14.6. The van der Waals surface area contributed by atoms with Crippen LogP contribution in [0.1, 0.15) is 32.2 Å². The number of carboxylic acid groups (broad SMARTS) is 1. The van der Waals surface area contributed by atoms with Crippen LogP contribution in [0.15, 0.2) is 10.6 Å². The summed E-state index contributed by atoms with van der Waals surface area (Å²) in [6, 6.07) is 0.174. The summed E-state index contributed by atoms with van der Waals surface area (Å²) in [5, 5.41) is 17.8. The molecule has 0 bridgehead atoms. The molecule has 0 spiro atoms. The molecule has 0 saturated heterocycles. The van der Waals surface area contributed by atoms with Crippen LogP contribution in [-0.4, -0.2) is 28.3 Å². The second kappa shape index (κ2) is 5.73. The van der Waals surface area contributed by atoms with Crippen LogP contribution in [0.4, 0.5) is 4.79 Å². The van der Waals surface area contributed by atoms with Crippen molar-refractivity contribution in [1.82, 2.24) is 15.8 Å². The molecule has 0 aliphatic rings. The number of carbonyl (C=O) groups is 2. The highest BCUT2D eigenvalue weighted by Gasteiger charge is 2.32. The molecule has 0 radical (unpaired) electrons. The second-order valence-electron chi connectivity index (χ2n) is 5.39. The molecule has 1 aromatic heterocycles. The number of carbonyl (C=O) groups excluding carboxylic acids is 1. The number of nitrogens with one attached hydrogen (secondary N) is 2. The molecule has 3 N–H and O–H groups in total. The molecule has 0 aromatic carbocycles. The van der Waals surface area contributed by atoms with Crippen LogP contribution >= 0.6 is 0 Å². The third-order valence-electron chi connectivity index (χ3n) is 2.50. The summed E-state index contributed by atoms with van der Waals surface area (Å²) in [6.07, 6.45) is 0. The van der Waals surface area contributed by atoms with E-state index in [1.54, 1.807) is 33.8 Å². The molecule has 106 valence electrons. The summed E-state index contributed by atoms with van der Waals surface area (Å²) in [4.78, 5) is 22.7. The van der Waals surface area contributed by atoms with Crippen molar-refractivity contribution in [3.63, 3.8) is 0 Å². The van der Waals surface area contributed by atoms with E-state index in [-0.39, 0.29) is 6.54 Å². The molecule has 7 nitrogen and oxygen atoms in total. The Labute approximate surface area is 111 Å². The molecular weight excluding hydrogens is 250 g/mol. The minimum atomic E-state index is -1.07. The van der Waals surface area contributed by atoms with E-state index in [1.807, 2.05) is 0 Å². The number of rotatable bonds is 4. The Morgan fingerprint density at radius 2 is 2.11 bits per heavy atom. The van der Waals surface area contributed by atoms with Gasteiger partial charge in [0.05, 0.1) is 6.54 Å². The van der Waals surface area contributed by atoms with Gasteiger partial charge in [0.1, 0.15) is 17.5 Å². The quantitative estimate of drug-likeness (QED) is 0.763. The number of aliphatic carboxylic acids is 1. The fourth-order valence-electron chi connectivity index (χ4n) is 1.50. The first-order valence-electron chi connectivity index (χ1n) is 5.89. The van der Waals surface area contributed by atoms with Crippen molar-refractivity contribution in [2.75, 3.05) is 0 Å². The van der Waals surface area contributed by atoms with Gasteiger partial charge < -0.3 is 20.3 Å². The minimum Gasteiger partial charge on any atom is -0.480 e. The summed E-state index contributed by atoms with van der Waals surface area (Å²) in [6.45, 7) is 7.16. The number of hydrogen-bond acceptors (Lipinski definition) is 4. The normalized spacial score (nSPS) is 12.8. The van der Waals surface area contributed by atoms with Gasteiger partial charge in [0.15, 0.2) is 0 Å². The fraction of sp³-hybridized carbons (Fsp3) is 0.583. The van der Waals surface area contributed by atoms with Gasteiger partial charge in [-0.2, -0.15) is 0 Å². The second-order valence-corrected chi connectivity index (χ2v) is 5.39. The summed E-state index contributed by atoms with van der Waals surface area (Å²) >= 11 is 0. The van der Waals surface area contributed by atoms with E-state index >= 15 is 0 Å². The van der Waals surface area contributed by atoms with Crippen LogP contribution in [0.2, 0.25) is 0 Å². The first-order valence-corrected chi connectivity index (χ1v) is 5.89. The average Bonchev–Trinajstić information content (AvgIpc) is 2.67. The van der Waals surface area contributed by atoms with E-state index < -0.39 is 23.5 Å². The van der Waals surface area contributed by atoms with Gasteiger partial charge in [0.25, 0.3) is 0 Å². The van der Waals surface area contributed by atoms with Gasteiger partial charge in [-0.15, -0.1) is 0 Å². The summed E-state index contributed by atoms with van der Waals surface area (Å²) in [7, 11) is 0. The van der Waals surface area contributed by atoms with Gasteiger partial charge in [-0.3, -0.25) is 0 Å². The number of carboxylic acids is 1. The van der Waals surface area contributed by atoms with Crippen molar-refractivity contribution >= 4 is 12.0 Å². The highest BCUT2D eigenvalue weighted by atomic mass is 16.5. The minimum absolute atomic E-state index is 0.180. The average molecular weight is 269 g/mol.